The lowest BCUT2D eigenvalue weighted by Crippen LogP contribution is -2.14. The van der Waals surface area contributed by atoms with E-state index in [1.807, 2.05) is 58.0 Å². The van der Waals surface area contributed by atoms with Crippen LogP contribution in [0.3, 0.4) is 0 Å². The number of hydrogen-bond donors (Lipinski definition) is 0. The third-order valence-corrected chi connectivity index (χ3v) is 3.04. The summed E-state index contributed by atoms with van der Waals surface area (Å²) in [5.74, 6) is -0.0637. The van der Waals surface area contributed by atoms with Crippen molar-refractivity contribution in [2.45, 2.75) is 33.1 Å². The molecule has 16 heavy (non-hydrogen) atoms. The zero-order valence-electron chi connectivity index (χ0n) is 10.3. The van der Waals surface area contributed by atoms with Gasteiger partial charge in [-0.3, -0.25) is 0 Å². The predicted octanol–water partition coefficient (Wildman–Crippen LogP) is 4.58. The van der Waals surface area contributed by atoms with E-state index in [-0.39, 0.29) is 11.2 Å². The van der Waals surface area contributed by atoms with Crippen LogP contribution in [0.1, 0.15) is 31.9 Å². The molecule has 2 aromatic carbocycles. The second-order valence-corrected chi connectivity index (χ2v) is 5.33. The molecule has 0 unspecified atom stereocenters. The highest BCUT2D eigenvalue weighted by Crippen LogP contribution is 2.31. The van der Waals surface area contributed by atoms with E-state index in [0.717, 1.165) is 21.9 Å². The van der Waals surface area contributed by atoms with Crippen LogP contribution in [-0.2, 0) is 5.41 Å². The highest BCUT2D eigenvalue weighted by molar-refractivity contribution is 5.86. The maximum Gasteiger partial charge on any atom is 0.130 e. The van der Waals surface area contributed by atoms with E-state index >= 15 is 0 Å². The zero-order valence-corrected chi connectivity index (χ0v) is 10.3. The molecular weight excluding hydrogens is 199 g/mol. The SMILES string of the molecule is Cc1c(F)c(C(C)(C)C)cc2ccccc12. The predicted molar refractivity (Wildman–Crippen MR) is 67.3 cm³/mol. The van der Waals surface area contributed by atoms with Crippen LogP contribution in [0.5, 0.6) is 0 Å². The zero-order chi connectivity index (χ0) is 11.9. The van der Waals surface area contributed by atoms with Crippen LogP contribution >= 0.6 is 0 Å². The van der Waals surface area contributed by atoms with Gasteiger partial charge in [0.25, 0.3) is 0 Å². The van der Waals surface area contributed by atoms with Gasteiger partial charge in [0, 0.05) is 0 Å². The molecule has 0 aliphatic carbocycles. The van der Waals surface area contributed by atoms with Crippen molar-refractivity contribution in [3.05, 3.63) is 47.3 Å². The molecule has 84 valence electrons. The summed E-state index contributed by atoms with van der Waals surface area (Å²) in [6, 6.07) is 9.92. The third-order valence-electron chi connectivity index (χ3n) is 3.04. The van der Waals surface area contributed by atoms with E-state index in [2.05, 4.69) is 0 Å². The summed E-state index contributed by atoms with van der Waals surface area (Å²) >= 11 is 0. The van der Waals surface area contributed by atoms with E-state index in [9.17, 15) is 4.39 Å². The Hall–Kier alpha value is -1.37. The van der Waals surface area contributed by atoms with Gasteiger partial charge in [0.15, 0.2) is 0 Å². The third kappa shape index (κ3) is 1.71. The molecule has 1 heteroatoms. The molecule has 0 fully saturated rings. The summed E-state index contributed by atoms with van der Waals surface area (Å²) in [4.78, 5) is 0. The molecule has 0 radical (unpaired) electrons. The van der Waals surface area contributed by atoms with Gasteiger partial charge in [-0.05, 0) is 40.3 Å². The molecule has 0 aromatic heterocycles. The summed E-state index contributed by atoms with van der Waals surface area (Å²) < 4.78 is 14.2. The first-order valence-electron chi connectivity index (χ1n) is 5.59. The first-order valence-corrected chi connectivity index (χ1v) is 5.59. The molecule has 0 amide bonds. The molecule has 2 rings (SSSR count). The number of fused-ring (bicyclic) bond motifs is 1. The van der Waals surface area contributed by atoms with E-state index < -0.39 is 0 Å². The van der Waals surface area contributed by atoms with Crippen molar-refractivity contribution in [1.82, 2.24) is 0 Å². The Bertz CT molecular complexity index is 533. The van der Waals surface area contributed by atoms with E-state index in [0.29, 0.717) is 0 Å². The smallest absolute Gasteiger partial charge is 0.130 e. The molecule has 0 saturated heterocycles. The summed E-state index contributed by atoms with van der Waals surface area (Å²) in [5, 5.41) is 2.12. The molecule has 0 saturated carbocycles. The second kappa shape index (κ2) is 3.58. The highest BCUT2D eigenvalue weighted by atomic mass is 19.1. The van der Waals surface area contributed by atoms with Crippen LogP contribution in [0.15, 0.2) is 30.3 Å². The average molecular weight is 216 g/mol. The lowest BCUT2D eigenvalue weighted by molar-refractivity contribution is 0.520. The molecule has 0 atom stereocenters. The molecular formula is C15H17F. The van der Waals surface area contributed by atoms with Gasteiger partial charge in [-0.1, -0.05) is 45.0 Å². The first-order chi connectivity index (χ1) is 7.41. The average Bonchev–Trinajstić information content (AvgIpc) is 2.22. The first kappa shape index (κ1) is 11.1. The summed E-state index contributed by atoms with van der Waals surface area (Å²) in [5.41, 5.74) is 1.39. The number of aryl methyl sites for hydroxylation is 1. The lowest BCUT2D eigenvalue weighted by atomic mass is 9.84. The minimum Gasteiger partial charge on any atom is -0.206 e. The number of hydrogen-bond acceptors (Lipinski definition) is 0. The van der Waals surface area contributed by atoms with Gasteiger partial charge >= 0.3 is 0 Å². The normalized spacial score (nSPS) is 12.1. The summed E-state index contributed by atoms with van der Waals surface area (Å²) in [6.45, 7) is 7.98. The van der Waals surface area contributed by atoms with Gasteiger partial charge < -0.3 is 0 Å². The number of benzene rings is 2. The maximum atomic E-state index is 14.2. The summed E-state index contributed by atoms with van der Waals surface area (Å²) in [6.07, 6.45) is 0. The van der Waals surface area contributed by atoms with Gasteiger partial charge in [0.05, 0.1) is 0 Å². The van der Waals surface area contributed by atoms with Crippen LogP contribution < -0.4 is 0 Å². The van der Waals surface area contributed by atoms with Gasteiger partial charge in [-0.25, -0.2) is 4.39 Å². The van der Waals surface area contributed by atoms with Crippen LogP contribution in [0.25, 0.3) is 10.8 Å². The molecule has 0 spiro atoms. The Morgan fingerprint density at radius 2 is 1.69 bits per heavy atom. The Morgan fingerprint density at radius 3 is 2.31 bits per heavy atom. The largest absolute Gasteiger partial charge is 0.206 e. The van der Waals surface area contributed by atoms with Crippen LogP contribution in [0, 0.1) is 12.7 Å². The van der Waals surface area contributed by atoms with Crippen molar-refractivity contribution >= 4 is 10.8 Å². The number of rotatable bonds is 0. The number of halogens is 1. The monoisotopic (exact) mass is 216 g/mol. The topological polar surface area (TPSA) is 0 Å². The van der Waals surface area contributed by atoms with E-state index in [1.54, 1.807) is 0 Å². The highest BCUT2D eigenvalue weighted by Gasteiger charge is 2.20. The fraction of sp³-hybridized carbons (Fsp3) is 0.333. The standard InChI is InChI=1S/C15H17F/c1-10-12-8-6-5-7-11(12)9-13(14(10)16)15(2,3)4/h5-9H,1-4H3. The molecule has 0 nitrogen and oxygen atoms in total. The molecule has 0 aliphatic heterocycles. The molecule has 0 bridgehead atoms. The van der Waals surface area contributed by atoms with Gasteiger partial charge in [0.2, 0.25) is 0 Å². The van der Waals surface area contributed by atoms with E-state index in [4.69, 9.17) is 0 Å². The minimum atomic E-state index is -0.154. The molecule has 2 aromatic rings. The van der Waals surface area contributed by atoms with Gasteiger partial charge in [-0.15, -0.1) is 0 Å². The molecule has 0 N–H and O–H groups in total. The van der Waals surface area contributed by atoms with Crippen LogP contribution in [0.2, 0.25) is 0 Å². The second-order valence-electron chi connectivity index (χ2n) is 5.33. The maximum absolute atomic E-state index is 14.2. The van der Waals surface area contributed by atoms with Crippen molar-refractivity contribution < 1.29 is 4.39 Å². The van der Waals surface area contributed by atoms with Crippen LogP contribution in [0.4, 0.5) is 4.39 Å². The van der Waals surface area contributed by atoms with Crippen molar-refractivity contribution in [2.24, 2.45) is 0 Å². The van der Waals surface area contributed by atoms with Crippen LogP contribution in [-0.4, -0.2) is 0 Å². The van der Waals surface area contributed by atoms with Crippen molar-refractivity contribution in [3.8, 4) is 0 Å². The lowest BCUT2D eigenvalue weighted by Gasteiger charge is -2.22. The Labute approximate surface area is 96.1 Å². The van der Waals surface area contributed by atoms with Gasteiger partial charge in [0.1, 0.15) is 5.82 Å². The van der Waals surface area contributed by atoms with Crippen molar-refractivity contribution in [3.63, 3.8) is 0 Å². The van der Waals surface area contributed by atoms with Crippen molar-refractivity contribution in [1.29, 1.82) is 0 Å². The van der Waals surface area contributed by atoms with Gasteiger partial charge in [-0.2, -0.15) is 0 Å². The fourth-order valence-corrected chi connectivity index (χ4v) is 2.05. The Balaban J connectivity index is 2.84. The summed E-state index contributed by atoms with van der Waals surface area (Å²) in [7, 11) is 0. The molecule has 0 heterocycles. The fourth-order valence-electron chi connectivity index (χ4n) is 2.05. The Morgan fingerprint density at radius 1 is 1.06 bits per heavy atom. The minimum absolute atomic E-state index is 0.0637. The van der Waals surface area contributed by atoms with Crippen molar-refractivity contribution in [2.75, 3.05) is 0 Å². The quantitative estimate of drug-likeness (QED) is 0.604. The molecule has 0 aliphatic rings. The Kier molecular flexibility index (Phi) is 2.49. The van der Waals surface area contributed by atoms with E-state index in [1.165, 1.54) is 0 Å².